The molecule has 6 heteroatoms. The van der Waals surface area contributed by atoms with Gasteiger partial charge in [-0.2, -0.15) is 5.26 Å². The van der Waals surface area contributed by atoms with Crippen LogP contribution in [0.5, 0.6) is 5.75 Å². The number of benzene rings is 2. The molecule has 0 unspecified atom stereocenters. The van der Waals surface area contributed by atoms with Gasteiger partial charge in [0.15, 0.2) is 11.7 Å². The first-order valence-electron chi connectivity index (χ1n) is 6.88. The summed E-state index contributed by atoms with van der Waals surface area (Å²) in [5.74, 6) is 0.243. The normalized spacial score (nSPS) is 9.57. The Bertz CT molecular complexity index is 768. The number of para-hydroxylation sites is 1. The van der Waals surface area contributed by atoms with Crippen LogP contribution in [0.2, 0.25) is 0 Å². The molecule has 2 rings (SSSR count). The van der Waals surface area contributed by atoms with Crippen LogP contribution in [0.4, 0.5) is 5.69 Å². The number of nitrogens with one attached hydrogen (secondary N) is 2. The fourth-order valence-electron chi connectivity index (χ4n) is 1.86. The molecule has 0 saturated heterocycles. The number of hydrogen-bond donors (Lipinski definition) is 2. The maximum Gasteiger partial charge on any atom is 0.264 e. The summed E-state index contributed by atoms with van der Waals surface area (Å²) in [4.78, 5) is 11.8. The summed E-state index contributed by atoms with van der Waals surface area (Å²) in [6.07, 6.45) is 0. The van der Waals surface area contributed by atoms with Crippen molar-refractivity contribution in [2.24, 2.45) is 0 Å². The number of amides is 1. The van der Waals surface area contributed by atoms with Gasteiger partial charge in [0.2, 0.25) is 0 Å². The molecule has 0 radical (unpaired) electrons. The second-order valence-corrected chi connectivity index (χ2v) is 5.17. The van der Waals surface area contributed by atoms with Gasteiger partial charge in [0.25, 0.3) is 5.91 Å². The summed E-state index contributed by atoms with van der Waals surface area (Å²) in [7, 11) is 0. The van der Waals surface area contributed by atoms with Gasteiger partial charge in [0.05, 0.1) is 11.3 Å². The number of aryl methyl sites for hydroxylation is 1. The van der Waals surface area contributed by atoms with Gasteiger partial charge in [-0.05, 0) is 49.0 Å². The van der Waals surface area contributed by atoms with E-state index in [0.717, 1.165) is 5.56 Å². The first-order valence-corrected chi connectivity index (χ1v) is 7.29. The number of carbonyl (C=O) groups excluding carboxylic acids is 1. The largest absolute Gasteiger partial charge is 0.484 e. The van der Waals surface area contributed by atoms with Crippen molar-refractivity contribution >= 4 is 28.9 Å². The molecule has 0 saturated carbocycles. The van der Waals surface area contributed by atoms with Crippen molar-refractivity contribution < 1.29 is 9.53 Å². The SMILES string of the molecule is Cc1cccc(OCC(=O)NC(=S)Nc2ccccc2C#N)c1. The molecule has 0 spiro atoms. The highest BCUT2D eigenvalue weighted by molar-refractivity contribution is 7.80. The summed E-state index contributed by atoms with van der Waals surface area (Å²) < 4.78 is 5.39. The zero-order valence-corrected chi connectivity index (χ0v) is 13.3. The molecular weight excluding hydrogens is 310 g/mol. The molecule has 116 valence electrons. The minimum absolute atomic E-state index is 0.116. The second kappa shape index (κ2) is 7.92. The number of ether oxygens (including phenoxy) is 1. The molecule has 0 aliphatic rings. The van der Waals surface area contributed by atoms with Crippen molar-refractivity contribution in [2.45, 2.75) is 6.92 Å². The van der Waals surface area contributed by atoms with Crippen molar-refractivity contribution in [1.29, 1.82) is 5.26 Å². The highest BCUT2D eigenvalue weighted by atomic mass is 32.1. The van der Waals surface area contributed by atoms with E-state index in [0.29, 0.717) is 17.0 Å². The van der Waals surface area contributed by atoms with Gasteiger partial charge in [-0.15, -0.1) is 0 Å². The molecular formula is C17H15N3O2S. The van der Waals surface area contributed by atoms with Gasteiger partial charge in [-0.25, -0.2) is 0 Å². The smallest absolute Gasteiger partial charge is 0.264 e. The van der Waals surface area contributed by atoms with Gasteiger partial charge in [-0.1, -0.05) is 24.3 Å². The monoisotopic (exact) mass is 325 g/mol. The topological polar surface area (TPSA) is 74.2 Å². The standard InChI is InChI=1S/C17H15N3O2S/c1-12-5-4-7-14(9-12)22-11-16(21)20-17(23)19-15-8-3-2-6-13(15)10-18/h2-9H,11H2,1H3,(H2,19,20,21,23). The average molecular weight is 325 g/mol. The highest BCUT2D eigenvalue weighted by Gasteiger charge is 2.08. The van der Waals surface area contributed by atoms with Gasteiger partial charge in [-0.3, -0.25) is 10.1 Å². The summed E-state index contributed by atoms with van der Waals surface area (Å²) >= 11 is 5.06. The van der Waals surface area contributed by atoms with Crippen molar-refractivity contribution in [3.05, 3.63) is 59.7 Å². The Morgan fingerprint density at radius 2 is 2.04 bits per heavy atom. The summed E-state index contributed by atoms with van der Waals surface area (Å²) in [6.45, 7) is 1.80. The molecule has 0 bridgehead atoms. The Balaban J connectivity index is 1.85. The summed E-state index contributed by atoms with van der Waals surface area (Å²) in [6, 6.07) is 16.4. The zero-order valence-electron chi connectivity index (χ0n) is 12.5. The lowest BCUT2D eigenvalue weighted by molar-refractivity contribution is -0.121. The number of thiocarbonyl (C=S) groups is 1. The van der Waals surface area contributed by atoms with Crippen LogP contribution in [0.1, 0.15) is 11.1 Å². The molecule has 0 heterocycles. The lowest BCUT2D eigenvalue weighted by Gasteiger charge is -2.11. The zero-order chi connectivity index (χ0) is 16.7. The highest BCUT2D eigenvalue weighted by Crippen LogP contribution is 2.13. The van der Waals surface area contributed by atoms with Crippen LogP contribution in [0.15, 0.2) is 48.5 Å². The quantitative estimate of drug-likeness (QED) is 0.846. The Kier molecular flexibility index (Phi) is 5.67. The molecule has 5 nitrogen and oxygen atoms in total. The van der Waals surface area contributed by atoms with E-state index in [1.54, 1.807) is 30.3 Å². The van der Waals surface area contributed by atoms with Crippen molar-refractivity contribution in [2.75, 3.05) is 11.9 Å². The van der Waals surface area contributed by atoms with Crippen molar-refractivity contribution in [3.63, 3.8) is 0 Å². The molecule has 2 aromatic rings. The Morgan fingerprint density at radius 1 is 1.26 bits per heavy atom. The molecule has 2 aromatic carbocycles. The predicted octanol–water partition coefficient (Wildman–Crippen LogP) is 2.76. The van der Waals surface area contributed by atoms with Crippen LogP contribution in [0.3, 0.4) is 0 Å². The van der Waals surface area contributed by atoms with E-state index in [1.165, 1.54) is 0 Å². The third-order valence-corrected chi connectivity index (χ3v) is 3.11. The lowest BCUT2D eigenvalue weighted by atomic mass is 10.2. The van der Waals surface area contributed by atoms with Crippen LogP contribution in [-0.4, -0.2) is 17.6 Å². The van der Waals surface area contributed by atoms with Crippen LogP contribution >= 0.6 is 12.2 Å². The molecule has 0 aliphatic carbocycles. The van der Waals surface area contributed by atoms with Gasteiger partial charge >= 0.3 is 0 Å². The van der Waals surface area contributed by atoms with Gasteiger partial charge < -0.3 is 10.1 Å². The van der Waals surface area contributed by atoms with Crippen LogP contribution in [0, 0.1) is 18.3 Å². The van der Waals surface area contributed by atoms with Gasteiger partial charge in [0, 0.05) is 0 Å². The summed E-state index contributed by atoms with van der Waals surface area (Å²) in [5.41, 5.74) is 2.04. The van der Waals surface area contributed by atoms with Crippen LogP contribution in [-0.2, 0) is 4.79 Å². The van der Waals surface area contributed by atoms with E-state index in [9.17, 15) is 4.79 Å². The van der Waals surface area contributed by atoms with E-state index in [1.807, 2.05) is 31.2 Å². The fraction of sp³-hybridized carbons (Fsp3) is 0.118. The number of nitrogens with zero attached hydrogens (tertiary/aromatic N) is 1. The molecule has 2 N–H and O–H groups in total. The number of carbonyl (C=O) groups is 1. The molecule has 0 fully saturated rings. The molecule has 0 atom stereocenters. The minimum atomic E-state index is -0.376. The van der Waals surface area contributed by atoms with E-state index in [2.05, 4.69) is 10.6 Å². The van der Waals surface area contributed by atoms with Crippen LogP contribution in [0.25, 0.3) is 0 Å². The third kappa shape index (κ3) is 5.09. The Morgan fingerprint density at radius 3 is 2.78 bits per heavy atom. The first-order chi connectivity index (χ1) is 11.1. The van der Waals surface area contributed by atoms with Crippen molar-refractivity contribution in [1.82, 2.24) is 5.32 Å². The second-order valence-electron chi connectivity index (χ2n) is 4.76. The Hall–Kier alpha value is -2.91. The molecule has 1 amide bonds. The maximum atomic E-state index is 11.8. The van der Waals surface area contributed by atoms with E-state index < -0.39 is 0 Å². The third-order valence-electron chi connectivity index (χ3n) is 2.91. The Labute approximate surface area is 139 Å². The fourth-order valence-corrected chi connectivity index (χ4v) is 2.08. The minimum Gasteiger partial charge on any atom is -0.484 e. The van der Waals surface area contributed by atoms with E-state index >= 15 is 0 Å². The average Bonchev–Trinajstić information content (AvgIpc) is 2.53. The van der Waals surface area contributed by atoms with Gasteiger partial charge in [0.1, 0.15) is 11.8 Å². The predicted molar refractivity (Wildman–Crippen MR) is 92.2 cm³/mol. The van der Waals surface area contributed by atoms with Crippen LogP contribution < -0.4 is 15.4 Å². The number of anilines is 1. The maximum absolute atomic E-state index is 11.8. The van der Waals surface area contributed by atoms with Crippen molar-refractivity contribution in [3.8, 4) is 11.8 Å². The summed E-state index contributed by atoms with van der Waals surface area (Å²) in [5, 5.41) is 14.5. The molecule has 0 aliphatic heterocycles. The lowest BCUT2D eigenvalue weighted by Crippen LogP contribution is -2.37. The molecule has 0 aromatic heterocycles. The number of nitriles is 1. The number of rotatable bonds is 4. The van der Waals surface area contributed by atoms with E-state index in [4.69, 9.17) is 22.2 Å². The number of hydrogen-bond acceptors (Lipinski definition) is 4. The van der Waals surface area contributed by atoms with E-state index in [-0.39, 0.29) is 17.6 Å². The molecule has 23 heavy (non-hydrogen) atoms. The first kappa shape index (κ1) is 16.5.